The SMILES string of the molecule is Fc1cc(Br)ccc1Cn1ccc(Br)n1. The molecule has 2 aromatic rings. The molecule has 1 heterocycles. The van der Waals surface area contributed by atoms with E-state index in [-0.39, 0.29) is 5.82 Å². The average Bonchev–Trinajstić information content (AvgIpc) is 2.56. The fourth-order valence-corrected chi connectivity index (χ4v) is 1.90. The van der Waals surface area contributed by atoms with Gasteiger partial charge in [-0.05, 0) is 34.1 Å². The Hall–Kier alpha value is -0.680. The van der Waals surface area contributed by atoms with Gasteiger partial charge in [-0.1, -0.05) is 22.0 Å². The van der Waals surface area contributed by atoms with Crippen molar-refractivity contribution in [1.82, 2.24) is 9.78 Å². The molecule has 0 fully saturated rings. The van der Waals surface area contributed by atoms with Crippen LogP contribution in [0.3, 0.4) is 0 Å². The summed E-state index contributed by atoms with van der Waals surface area (Å²) in [5.41, 5.74) is 0.619. The first-order chi connectivity index (χ1) is 7.15. The van der Waals surface area contributed by atoms with E-state index in [1.54, 1.807) is 16.9 Å². The second-order valence-electron chi connectivity index (χ2n) is 3.07. The van der Waals surface area contributed by atoms with Crippen molar-refractivity contribution in [1.29, 1.82) is 0 Å². The summed E-state index contributed by atoms with van der Waals surface area (Å²) in [6.07, 6.45) is 1.80. The fraction of sp³-hybridized carbons (Fsp3) is 0.100. The maximum absolute atomic E-state index is 13.5. The molecular weight excluding hydrogens is 327 g/mol. The molecule has 0 spiro atoms. The lowest BCUT2D eigenvalue weighted by molar-refractivity contribution is 0.583. The minimum atomic E-state index is -0.226. The summed E-state index contributed by atoms with van der Waals surface area (Å²) < 4.78 is 16.6. The molecule has 0 saturated heterocycles. The van der Waals surface area contributed by atoms with Crippen LogP contribution >= 0.6 is 31.9 Å². The molecule has 0 saturated carbocycles. The maximum atomic E-state index is 13.5. The minimum absolute atomic E-state index is 0.226. The zero-order valence-corrected chi connectivity index (χ0v) is 10.8. The molecule has 2 nitrogen and oxygen atoms in total. The standard InChI is InChI=1S/C10H7Br2FN2/c11-8-2-1-7(9(13)5-8)6-15-4-3-10(12)14-15/h1-5H,6H2. The van der Waals surface area contributed by atoms with E-state index >= 15 is 0 Å². The molecule has 0 aliphatic carbocycles. The molecule has 1 aromatic heterocycles. The quantitative estimate of drug-likeness (QED) is 0.821. The van der Waals surface area contributed by atoms with Gasteiger partial charge in [0.05, 0.1) is 6.54 Å². The number of aromatic nitrogens is 2. The van der Waals surface area contributed by atoms with Gasteiger partial charge in [-0.15, -0.1) is 0 Å². The van der Waals surface area contributed by atoms with Gasteiger partial charge in [0.25, 0.3) is 0 Å². The lowest BCUT2D eigenvalue weighted by Gasteiger charge is -2.03. The van der Waals surface area contributed by atoms with Crippen molar-refractivity contribution in [2.45, 2.75) is 6.54 Å². The van der Waals surface area contributed by atoms with Crippen molar-refractivity contribution in [2.24, 2.45) is 0 Å². The molecule has 0 atom stereocenters. The Morgan fingerprint density at radius 1 is 1.27 bits per heavy atom. The van der Waals surface area contributed by atoms with Gasteiger partial charge >= 0.3 is 0 Å². The number of nitrogens with zero attached hydrogens (tertiary/aromatic N) is 2. The van der Waals surface area contributed by atoms with E-state index in [0.717, 1.165) is 9.08 Å². The topological polar surface area (TPSA) is 17.8 Å². The summed E-state index contributed by atoms with van der Waals surface area (Å²) in [5.74, 6) is -0.226. The Morgan fingerprint density at radius 2 is 2.07 bits per heavy atom. The number of hydrogen-bond acceptors (Lipinski definition) is 1. The highest BCUT2D eigenvalue weighted by atomic mass is 79.9. The summed E-state index contributed by atoms with van der Waals surface area (Å²) in [4.78, 5) is 0. The third-order valence-corrected chi connectivity index (χ3v) is 2.87. The van der Waals surface area contributed by atoms with Crippen LogP contribution in [0.1, 0.15) is 5.56 Å². The monoisotopic (exact) mass is 332 g/mol. The van der Waals surface area contributed by atoms with Crippen molar-refractivity contribution in [2.75, 3.05) is 0 Å². The van der Waals surface area contributed by atoms with Crippen molar-refractivity contribution in [3.63, 3.8) is 0 Å². The van der Waals surface area contributed by atoms with Crippen molar-refractivity contribution in [3.8, 4) is 0 Å². The molecule has 0 unspecified atom stereocenters. The van der Waals surface area contributed by atoms with Gasteiger partial charge in [-0.25, -0.2) is 4.39 Å². The summed E-state index contributed by atoms with van der Waals surface area (Å²) in [6.45, 7) is 0.435. The van der Waals surface area contributed by atoms with E-state index in [1.807, 2.05) is 12.1 Å². The van der Waals surface area contributed by atoms with Crippen LogP contribution in [-0.4, -0.2) is 9.78 Å². The molecule has 0 aliphatic heterocycles. The first kappa shape index (κ1) is 10.8. The zero-order chi connectivity index (χ0) is 10.8. The van der Waals surface area contributed by atoms with E-state index in [9.17, 15) is 4.39 Å². The minimum Gasteiger partial charge on any atom is -0.267 e. The van der Waals surface area contributed by atoms with E-state index < -0.39 is 0 Å². The van der Waals surface area contributed by atoms with Crippen molar-refractivity contribution in [3.05, 3.63) is 50.9 Å². The van der Waals surface area contributed by atoms with E-state index in [1.165, 1.54) is 6.07 Å². The lowest BCUT2D eigenvalue weighted by atomic mass is 10.2. The van der Waals surface area contributed by atoms with Gasteiger partial charge < -0.3 is 0 Å². The average molecular weight is 334 g/mol. The molecule has 0 bridgehead atoms. The van der Waals surface area contributed by atoms with Gasteiger partial charge in [0.15, 0.2) is 0 Å². The number of halogens is 3. The van der Waals surface area contributed by atoms with E-state index in [0.29, 0.717) is 12.1 Å². The molecule has 78 valence electrons. The predicted octanol–water partition coefficient (Wildman–Crippen LogP) is 3.60. The molecule has 15 heavy (non-hydrogen) atoms. The predicted molar refractivity (Wildman–Crippen MR) is 63.1 cm³/mol. The molecule has 0 radical (unpaired) electrons. The summed E-state index contributed by atoms with van der Waals surface area (Å²) in [5, 5.41) is 4.12. The van der Waals surface area contributed by atoms with Gasteiger partial charge in [0.2, 0.25) is 0 Å². The Morgan fingerprint density at radius 3 is 2.67 bits per heavy atom. The van der Waals surface area contributed by atoms with Crippen LogP contribution in [0.15, 0.2) is 39.5 Å². The summed E-state index contributed by atoms with van der Waals surface area (Å²) in [7, 11) is 0. The van der Waals surface area contributed by atoms with Crippen LogP contribution in [-0.2, 0) is 6.54 Å². The third kappa shape index (κ3) is 2.66. The molecule has 5 heteroatoms. The first-order valence-corrected chi connectivity index (χ1v) is 5.86. The maximum Gasteiger partial charge on any atom is 0.129 e. The summed E-state index contributed by atoms with van der Waals surface area (Å²) in [6, 6.07) is 6.83. The smallest absolute Gasteiger partial charge is 0.129 e. The number of hydrogen-bond donors (Lipinski definition) is 0. The summed E-state index contributed by atoms with van der Waals surface area (Å²) >= 11 is 6.46. The Bertz CT molecular complexity index is 482. The second kappa shape index (κ2) is 4.45. The van der Waals surface area contributed by atoms with Gasteiger partial charge in [0.1, 0.15) is 10.4 Å². The number of benzene rings is 1. The third-order valence-electron chi connectivity index (χ3n) is 1.96. The molecule has 2 rings (SSSR count). The van der Waals surface area contributed by atoms with Crippen molar-refractivity contribution >= 4 is 31.9 Å². The molecule has 0 N–H and O–H groups in total. The van der Waals surface area contributed by atoms with Crippen molar-refractivity contribution < 1.29 is 4.39 Å². The number of rotatable bonds is 2. The van der Waals surface area contributed by atoms with Crippen LogP contribution in [0.2, 0.25) is 0 Å². The molecule has 0 amide bonds. The van der Waals surface area contributed by atoms with E-state index in [4.69, 9.17) is 0 Å². The molecule has 0 aliphatic rings. The lowest BCUT2D eigenvalue weighted by Crippen LogP contribution is -2.02. The normalized spacial score (nSPS) is 10.6. The van der Waals surface area contributed by atoms with Crippen LogP contribution in [0.5, 0.6) is 0 Å². The van der Waals surface area contributed by atoms with Crippen LogP contribution < -0.4 is 0 Å². The van der Waals surface area contributed by atoms with E-state index in [2.05, 4.69) is 37.0 Å². The largest absolute Gasteiger partial charge is 0.267 e. The first-order valence-electron chi connectivity index (χ1n) is 4.28. The Kier molecular flexibility index (Phi) is 3.21. The van der Waals surface area contributed by atoms with Crippen LogP contribution in [0, 0.1) is 5.82 Å². The highest BCUT2D eigenvalue weighted by Gasteiger charge is 2.04. The van der Waals surface area contributed by atoms with Gasteiger partial charge in [0, 0.05) is 16.2 Å². The Labute approximate surface area is 103 Å². The fourth-order valence-electron chi connectivity index (χ4n) is 1.25. The Balaban J connectivity index is 2.24. The van der Waals surface area contributed by atoms with Gasteiger partial charge in [-0.3, -0.25) is 4.68 Å². The van der Waals surface area contributed by atoms with Crippen LogP contribution in [0.25, 0.3) is 0 Å². The molecule has 1 aromatic carbocycles. The molecular formula is C10H7Br2FN2. The van der Waals surface area contributed by atoms with Gasteiger partial charge in [-0.2, -0.15) is 5.10 Å². The highest BCUT2D eigenvalue weighted by Crippen LogP contribution is 2.16. The van der Waals surface area contributed by atoms with Crippen LogP contribution in [0.4, 0.5) is 4.39 Å². The highest BCUT2D eigenvalue weighted by molar-refractivity contribution is 9.10. The zero-order valence-electron chi connectivity index (χ0n) is 7.62. The second-order valence-corrected chi connectivity index (χ2v) is 4.80.